The minimum atomic E-state index is -2.56. The number of nitrogens with zero attached hydrogens (tertiary/aromatic N) is 5. The second-order valence-corrected chi connectivity index (χ2v) is 8.69. The van der Waals surface area contributed by atoms with Gasteiger partial charge in [0, 0.05) is 37.3 Å². The van der Waals surface area contributed by atoms with Gasteiger partial charge >= 0.3 is 0 Å². The standard InChI is InChI=1S/C18H27N7O4S/c1-24(14-7-12-4-3-5-13(8-14)25(12)30(27)28)18-20-15(9-17(21-18)29-2)19-16-6-11(10-26)22-23-16/h6,9,12-14,26,30H,3-5,7-8,10H2,1-2H3,(H2,19,20,21,22,23)/t12-,13+,14-. The average molecular weight is 438 g/mol. The molecule has 11 nitrogen and oxygen atoms in total. The topological polar surface area (TPSA) is 137 Å². The summed E-state index contributed by atoms with van der Waals surface area (Å²) in [5.74, 6) is 1.95. The number of rotatable bonds is 7. The number of fused-ring (bicyclic) bond motifs is 2. The van der Waals surface area contributed by atoms with E-state index in [1.807, 2.05) is 11.9 Å². The van der Waals surface area contributed by atoms with Gasteiger partial charge in [0.15, 0.2) is 5.82 Å². The number of hydrogen-bond acceptors (Lipinski definition) is 9. The van der Waals surface area contributed by atoms with Gasteiger partial charge in [-0.15, -0.1) is 0 Å². The molecule has 3 N–H and O–H groups in total. The number of piperidine rings is 2. The van der Waals surface area contributed by atoms with E-state index in [9.17, 15) is 13.5 Å². The predicted molar refractivity (Wildman–Crippen MR) is 111 cm³/mol. The van der Waals surface area contributed by atoms with Crippen LogP contribution in [-0.4, -0.2) is 70.3 Å². The third kappa shape index (κ3) is 4.20. The van der Waals surface area contributed by atoms with Crippen molar-refractivity contribution in [2.24, 2.45) is 0 Å². The van der Waals surface area contributed by atoms with Gasteiger partial charge in [-0.05, 0) is 25.7 Å². The molecule has 0 unspecified atom stereocenters. The van der Waals surface area contributed by atoms with Crippen LogP contribution in [0.25, 0.3) is 0 Å². The van der Waals surface area contributed by atoms with Crippen molar-refractivity contribution < 1.29 is 18.3 Å². The van der Waals surface area contributed by atoms with Crippen molar-refractivity contribution in [1.29, 1.82) is 0 Å². The van der Waals surface area contributed by atoms with Crippen LogP contribution in [0, 0.1) is 0 Å². The van der Waals surface area contributed by atoms with E-state index in [0.29, 0.717) is 29.2 Å². The number of hydrogen-bond donors (Lipinski definition) is 4. The summed E-state index contributed by atoms with van der Waals surface area (Å²) < 4.78 is 30.5. The zero-order valence-electron chi connectivity index (χ0n) is 17.0. The molecule has 3 atom stereocenters. The van der Waals surface area contributed by atoms with E-state index < -0.39 is 10.9 Å². The fourth-order valence-electron chi connectivity index (χ4n) is 4.45. The molecule has 2 aromatic heterocycles. The van der Waals surface area contributed by atoms with Gasteiger partial charge in [-0.1, -0.05) is 6.42 Å². The highest BCUT2D eigenvalue weighted by atomic mass is 32.2. The molecule has 0 aliphatic carbocycles. The molecular formula is C18H27N7O4S. The van der Waals surface area contributed by atoms with Crippen molar-refractivity contribution in [3.05, 3.63) is 17.8 Å². The van der Waals surface area contributed by atoms with E-state index in [0.717, 1.165) is 32.1 Å². The van der Waals surface area contributed by atoms with Crippen LogP contribution in [0.4, 0.5) is 17.6 Å². The van der Waals surface area contributed by atoms with Gasteiger partial charge in [0.25, 0.3) is 0 Å². The van der Waals surface area contributed by atoms with Gasteiger partial charge in [0.1, 0.15) is 5.82 Å². The molecule has 12 heteroatoms. The number of aliphatic hydroxyl groups is 1. The molecule has 0 aromatic carbocycles. The first-order valence-corrected chi connectivity index (χ1v) is 11.1. The van der Waals surface area contributed by atoms with E-state index in [2.05, 4.69) is 25.5 Å². The molecule has 30 heavy (non-hydrogen) atoms. The maximum absolute atomic E-state index is 11.7. The first-order chi connectivity index (χ1) is 14.5. The zero-order chi connectivity index (χ0) is 21.3. The van der Waals surface area contributed by atoms with Crippen molar-refractivity contribution >= 4 is 28.5 Å². The highest BCUT2D eigenvalue weighted by molar-refractivity contribution is 7.69. The summed E-state index contributed by atoms with van der Waals surface area (Å²) in [5.41, 5.74) is 0.589. The van der Waals surface area contributed by atoms with Crippen molar-refractivity contribution in [3.8, 4) is 5.88 Å². The van der Waals surface area contributed by atoms with Crippen LogP contribution in [0.2, 0.25) is 0 Å². The van der Waals surface area contributed by atoms with Gasteiger partial charge in [-0.2, -0.15) is 19.4 Å². The first kappa shape index (κ1) is 20.8. The maximum Gasteiger partial charge on any atom is 0.230 e. The van der Waals surface area contributed by atoms with Gasteiger partial charge < -0.3 is 20.1 Å². The van der Waals surface area contributed by atoms with Crippen molar-refractivity contribution in [2.75, 3.05) is 24.4 Å². The van der Waals surface area contributed by atoms with Crippen LogP contribution in [0.1, 0.15) is 37.8 Å². The van der Waals surface area contributed by atoms with Crippen molar-refractivity contribution in [2.45, 2.75) is 56.8 Å². The molecule has 2 bridgehead atoms. The normalized spacial score (nSPS) is 24.1. The number of anilines is 3. The lowest BCUT2D eigenvalue weighted by molar-refractivity contribution is 0.113. The zero-order valence-corrected chi connectivity index (χ0v) is 17.9. The molecule has 0 radical (unpaired) electrons. The third-order valence-electron chi connectivity index (χ3n) is 5.92. The van der Waals surface area contributed by atoms with Crippen molar-refractivity contribution in [1.82, 2.24) is 24.5 Å². The van der Waals surface area contributed by atoms with Gasteiger partial charge in [0.2, 0.25) is 22.7 Å². The minimum absolute atomic E-state index is 0.0372. The lowest BCUT2D eigenvalue weighted by atomic mass is 9.83. The number of ether oxygens (including phenoxy) is 1. The summed E-state index contributed by atoms with van der Waals surface area (Å²) in [6.07, 6.45) is 4.34. The van der Waals surface area contributed by atoms with Crippen LogP contribution < -0.4 is 15.0 Å². The Kier molecular flexibility index (Phi) is 6.06. The molecule has 164 valence electrons. The molecular weight excluding hydrogens is 410 g/mol. The van der Waals surface area contributed by atoms with Crippen LogP contribution >= 0.6 is 0 Å². The molecule has 2 saturated heterocycles. The summed E-state index contributed by atoms with van der Waals surface area (Å²) >= 11 is 0. The molecule has 0 amide bonds. The minimum Gasteiger partial charge on any atom is -0.481 e. The average Bonchev–Trinajstić information content (AvgIpc) is 3.19. The smallest absolute Gasteiger partial charge is 0.230 e. The van der Waals surface area contributed by atoms with Crippen LogP contribution in [-0.2, 0) is 17.5 Å². The fourth-order valence-corrected chi connectivity index (χ4v) is 5.40. The Bertz CT molecular complexity index is 944. The molecule has 4 heterocycles. The lowest BCUT2D eigenvalue weighted by Crippen LogP contribution is -2.56. The molecule has 4 rings (SSSR count). The Hall–Kier alpha value is -2.44. The summed E-state index contributed by atoms with van der Waals surface area (Å²) in [6, 6.07) is 3.58. The number of H-pyrrole nitrogens is 1. The van der Waals surface area contributed by atoms with Crippen LogP contribution in [0.5, 0.6) is 5.88 Å². The SMILES string of the molecule is COc1cc(Nc2cc(CO)[nH]n2)nc(N(C)[C@@H]2C[C@H]3CCC[C@@H](C2)N3[SH](=O)=O)n1. The number of aromatic nitrogens is 4. The largest absolute Gasteiger partial charge is 0.481 e. The monoisotopic (exact) mass is 437 g/mol. The highest BCUT2D eigenvalue weighted by Gasteiger charge is 2.41. The Morgan fingerprint density at radius 2 is 2.00 bits per heavy atom. The quantitative estimate of drug-likeness (QED) is 0.463. The van der Waals surface area contributed by atoms with E-state index in [-0.39, 0.29) is 24.7 Å². The number of methoxy groups -OCH3 is 1. The number of aromatic amines is 1. The summed E-state index contributed by atoms with van der Waals surface area (Å²) in [7, 11) is 0.919. The molecule has 2 aromatic rings. The molecule has 2 aliphatic heterocycles. The second-order valence-electron chi connectivity index (χ2n) is 7.75. The second kappa shape index (κ2) is 8.74. The van der Waals surface area contributed by atoms with E-state index in [4.69, 9.17) is 4.74 Å². The molecule has 0 spiro atoms. The third-order valence-corrected chi connectivity index (χ3v) is 6.95. The van der Waals surface area contributed by atoms with E-state index in [1.165, 1.54) is 0 Å². The Labute approximate surface area is 176 Å². The van der Waals surface area contributed by atoms with E-state index in [1.54, 1.807) is 23.5 Å². The molecule has 0 saturated carbocycles. The van der Waals surface area contributed by atoms with Gasteiger partial charge in [-0.25, -0.2) is 8.42 Å². The number of nitrogens with one attached hydrogen (secondary N) is 2. The van der Waals surface area contributed by atoms with Crippen LogP contribution in [0.15, 0.2) is 12.1 Å². The summed E-state index contributed by atoms with van der Waals surface area (Å²) in [4.78, 5) is 11.1. The molecule has 2 aliphatic rings. The summed E-state index contributed by atoms with van der Waals surface area (Å²) in [6.45, 7) is -0.133. The highest BCUT2D eigenvalue weighted by Crippen LogP contribution is 2.36. The lowest BCUT2D eigenvalue weighted by Gasteiger charge is -2.47. The van der Waals surface area contributed by atoms with Gasteiger partial charge in [-0.3, -0.25) is 5.10 Å². The fraction of sp³-hybridized carbons (Fsp3) is 0.611. The maximum atomic E-state index is 11.7. The Morgan fingerprint density at radius 1 is 1.27 bits per heavy atom. The van der Waals surface area contributed by atoms with Crippen LogP contribution in [0.3, 0.4) is 0 Å². The van der Waals surface area contributed by atoms with Gasteiger partial charge in [0.05, 0.1) is 19.4 Å². The summed E-state index contributed by atoms with van der Waals surface area (Å²) in [5, 5.41) is 19.1. The van der Waals surface area contributed by atoms with Crippen molar-refractivity contribution in [3.63, 3.8) is 0 Å². The number of aliphatic hydroxyl groups excluding tert-OH is 1. The number of thiol groups is 1. The first-order valence-electron chi connectivity index (χ1n) is 9.99. The Morgan fingerprint density at radius 3 is 2.60 bits per heavy atom. The molecule has 2 fully saturated rings. The Balaban J connectivity index is 1.55. The predicted octanol–water partition coefficient (Wildman–Crippen LogP) is 0.792. The van der Waals surface area contributed by atoms with E-state index >= 15 is 0 Å².